The van der Waals surface area contributed by atoms with E-state index in [9.17, 15) is 4.79 Å². The molecule has 3 rings (SSSR count). The monoisotopic (exact) mass is 406 g/mol. The molecule has 0 saturated heterocycles. The average molecular weight is 407 g/mol. The van der Waals surface area contributed by atoms with E-state index in [-0.39, 0.29) is 24.4 Å². The Hall–Kier alpha value is -1.55. The highest BCUT2D eigenvalue weighted by Gasteiger charge is 2.30. The summed E-state index contributed by atoms with van der Waals surface area (Å²) in [5.74, 6) is 0.234. The molecule has 2 N–H and O–H groups in total. The summed E-state index contributed by atoms with van der Waals surface area (Å²) in [6.07, 6.45) is 5.58. The van der Waals surface area contributed by atoms with Gasteiger partial charge in [-0.3, -0.25) is 4.79 Å². The molecule has 1 atom stereocenters. The Balaban J connectivity index is 0.00000261. The van der Waals surface area contributed by atoms with Crippen molar-refractivity contribution in [3.63, 3.8) is 0 Å². The molecule has 0 aliphatic carbocycles. The summed E-state index contributed by atoms with van der Waals surface area (Å²) in [7, 11) is 0. The van der Waals surface area contributed by atoms with Crippen molar-refractivity contribution in [3.8, 4) is 0 Å². The number of nitrogens with two attached hydrogens (primary N) is 1. The summed E-state index contributed by atoms with van der Waals surface area (Å²) < 4.78 is 0. The fraction of sp³-hybridized carbons (Fsp3) is 0.409. The lowest BCUT2D eigenvalue weighted by molar-refractivity contribution is -0.135. The van der Waals surface area contributed by atoms with Crippen LogP contribution in [0.2, 0.25) is 5.02 Å². The van der Waals surface area contributed by atoms with Gasteiger partial charge in [0.25, 0.3) is 0 Å². The molecule has 1 heterocycles. The first-order valence-corrected chi connectivity index (χ1v) is 9.88. The minimum absolute atomic E-state index is 0. The van der Waals surface area contributed by atoms with Crippen molar-refractivity contribution < 1.29 is 4.79 Å². The maximum atomic E-state index is 13.0. The van der Waals surface area contributed by atoms with E-state index in [0.29, 0.717) is 13.0 Å². The van der Waals surface area contributed by atoms with Crippen LogP contribution in [0.15, 0.2) is 48.5 Å². The first kappa shape index (κ1) is 21.7. The van der Waals surface area contributed by atoms with E-state index in [4.69, 9.17) is 17.3 Å². The van der Waals surface area contributed by atoms with Crippen LogP contribution in [0, 0.1) is 0 Å². The number of hydrogen-bond donors (Lipinski definition) is 1. The lowest BCUT2D eigenvalue weighted by Gasteiger charge is -2.37. The first-order valence-electron chi connectivity index (χ1n) is 9.51. The lowest BCUT2D eigenvalue weighted by atomic mass is 9.89. The Morgan fingerprint density at radius 3 is 2.52 bits per heavy atom. The lowest BCUT2D eigenvalue weighted by Crippen LogP contribution is -2.38. The smallest absolute Gasteiger partial charge is 0.223 e. The third-order valence-corrected chi connectivity index (χ3v) is 5.38. The zero-order valence-electron chi connectivity index (χ0n) is 15.6. The number of rotatable bonds is 7. The van der Waals surface area contributed by atoms with Gasteiger partial charge in [-0.05, 0) is 54.6 Å². The molecule has 3 nitrogen and oxygen atoms in total. The zero-order chi connectivity index (χ0) is 18.4. The van der Waals surface area contributed by atoms with Crippen LogP contribution in [0.1, 0.15) is 54.8 Å². The van der Waals surface area contributed by atoms with Crippen LogP contribution in [0.25, 0.3) is 0 Å². The fourth-order valence-corrected chi connectivity index (χ4v) is 3.90. The van der Waals surface area contributed by atoms with E-state index in [1.807, 2.05) is 35.2 Å². The van der Waals surface area contributed by atoms with E-state index in [2.05, 4.69) is 18.2 Å². The van der Waals surface area contributed by atoms with Crippen LogP contribution in [-0.2, 0) is 17.8 Å². The SMILES string of the molecule is Cl.NCCCCCCC(=O)N1Cc2cc(Cl)ccc2CC1c1ccccc1. The number of carbonyl (C=O) groups is 1. The molecule has 2 aromatic rings. The molecule has 0 saturated carbocycles. The molecular weight excluding hydrogens is 379 g/mol. The Kier molecular flexibility index (Phi) is 8.62. The predicted molar refractivity (Wildman–Crippen MR) is 114 cm³/mol. The minimum Gasteiger partial charge on any atom is -0.331 e. The molecule has 2 aromatic carbocycles. The van der Waals surface area contributed by atoms with Gasteiger partial charge in [0, 0.05) is 18.0 Å². The van der Waals surface area contributed by atoms with Gasteiger partial charge in [-0.2, -0.15) is 0 Å². The number of carbonyl (C=O) groups excluding carboxylic acids is 1. The highest BCUT2D eigenvalue weighted by Crippen LogP contribution is 2.35. The van der Waals surface area contributed by atoms with Crippen LogP contribution in [0.3, 0.4) is 0 Å². The summed E-state index contributed by atoms with van der Waals surface area (Å²) >= 11 is 6.18. The van der Waals surface area contributed by atoms with E-state index in [1.165, 1.54) is 16.7 Å². The van der Waals surface area contributed by atoms with Gasteiger partial charge >= 0.3 is 0 Å². The summed E-state index contributed by atoms with van der Waals surface area (Å²) in [6.45, 7) is 1.37. The fourth-order valence-electron chi connectivity index (χ4n) is 3.71. The van der Waals surface area contributed by atoms with E-state index in [0.717, 1.165) is 43.7 Å². The molecule has 146 valence electrons. The van der Waals surface area contributed by atoms with Crippen molar-refractivity contribution in [2.24, 2.45) is 5.73 Å². The quantitative estimate of drug-likeness (QED) is 0.634. The van der Waals surface area contributed by atoms with Crippen molar-refractivity contribution in [2.45, 2.75) is 51.1 Å². The van der Waals surface area contributed by atoms with Gasteiger partial charge in [-0.25, -0.2) is 0 Å². The highest BCUT2D eigenvalue weighted by molar-refractivity contribution is 6.30. The Bertz CT molecular complexity index is 736. The Morgan fingerprint density at radius 1 is 1.04 bits per heavy atom. The van der Waals surface area contributed by atoms with Crippen LogP contribution in [0.5, 0.6) is 0 Å². The number of fused-ring (bicyclic) bond motifs is 1. The molecular formula is C22H28Cl2N2O. The van der Waals surface area contributed by atoms with Crippen LogP contribution in [-0.4, -0.2) is 17.4 Å². The molecule has 1 aliphatic heterocycles. The summed E-state index contributed by atoms with van der Waals surface area (Å²) in [5.41, 5.74) is 9.20. The maximum absolute atomic E-state index is 13.0. The second-order valence-corrected chi connectivity index (χ2v) is 7.45. The number of hydrogen-bond acceptors (Lipinski definition) is 2. The minimum atomic E-state index is 0. The second-order valence-electron chi connectivity index (χ2n) is 7.02. The average Bonchev–Trinajstić information content (AvgIpc) is 2.67. The van der Waals surface area contributed by atoms with E-state index < -0.39 is 0 Å². The van der Waals surface area contributed by atoms with Gasteiger partial charge in [0.1, 0.15) is 0 Å². The standard InChI is InChI=1S/C22H27ClN2O.ClH/c23-20-12-11-18-15-21(17-8-4-3-5-9-17)25(16-19(18)14-20)22(26)10-6-1-2-7-13-24;/h3-5,8-9,11-12,14,21H,1-2,6-7,10,13,15-16,24H2;1H. The van der Waals surface area contributed by atoms with Crippen LogP contribution in [0.4, 0.5) is 0 Å². The van der Waals surface area contributed by atoms with Crippen molar-refractivity contribution in [2.75, 3.05) is 6.54 Å². The summed E-state index contributed by atoms with van der Waals surface area (Å²) in [4.78, 5) is 15.0. The third kappa shape index (κ3) is 5.71. The molecule has 0 radical (unpaired) electrons. The maximum Gasteiger partial charge on any atom is 0.223 e. The van der Waals surface area contributed by atoms with Crippen LogP contribution < -0.4 is 5.73 Å². The summed E-state index contributed by atoms with van der Waals surface area (Å²) in [6, 6.07) is 16.5. The number of halogens is 2. The normalized spacial score (nSPS) is 15.8. The Labute approximate surface area is 173 Å². The third-order valence-electron chi connectivity index (χ3n) is 5.15. The highest BCUT2D eigenvalue weighted by atomic mass is 35.5. The first-order chi connectivity index (χ1) is 12.7. The van der Waals surface area contributed by atoms with Gasteiger partial charge in [0.05, 0.1) is 6.04 Å². The van der Waals surface area contributed by atoms with Crippen molar-refractivity contribution >= 4 is 29.9 Å². The number of benzene rings is 2. The van der Waals surface area contributed by atoms with Gasteiger partial charge in [-0.1, -0.05) is 60.8 Å². The van der Waals surface area contributed by atoms with Gasteiger partial charge in [0.2, 0.25) is 5.91 Å². The van der Waals surface area contributed by atoms with Crippen LogP contribution >= 0.6 is 24.0 Å². The molecule has 0 fully saturated rings. The van der Waals surface area contributed by atoms with Gasteiger partial charge < -0.3 is 10.6 Å². The second kappa shape index (κ2) is 10.7. The molecule has 27 heavy (non-hydrogen) atoms. The number of amides is 1. The molecule has 0 aromatic heterocycles. The van der Waals surface area contributed by atoms with Gasteiger partial charge in [0.15, 0.2) is 0 Å². The molecule has 0 spiro atoms. The summed E-state index contributed by atoms with van der Waals surface area (Å²) in [5, 5.41) is 0.732. The molecule has 1 amide bonds. The van der Waals surface area contributed by atoms with E-state index >= 15 is 0 Å². The molecule has 5 heteroatoms. The van der Waals surface area contributed by atoms with Crippen molar-refractivity contribution in [1.82, 2.24) is 4.90 Å². The molecule has 1 unspecified atom stereocenters. The van der Waals surface area contributed by atoms with Gasteiger partial charge in [-0.15, -0.1) is 12.4 Å². The number of unbranched alkanes of at least 4 members (excludes halogenated alkanes) is 3. The molecule has 0 bridgehead atoms. The Morgan fingerprint density at radius 2 is 1.78 bits per heavy atom. The topological polar surface area (TPSA) is 46.3 Å². The van der Waals surface area contributed by atoms with Crippen molar-refractivity contribution in [1.29, 1.82) is 0 Å². The largest absolute Gasteiger partial charge is 0.331 e. The molecule has 1 aliphatic rings. The zero-order valence-corrected chi connectivity index (χ0v) is 17.1. The van der Waals surface area contributed by atoms with E-state index in [1.54, 1.807) is 0 Å². The van der Waals surface area contributed by atoms with Crippen molar-refractivity contribution in [3.05, 3.63) is 70.2 Å². The predicted octanol–water partition coefficient (Wildman–Crippen LogP) is 5.30. The number of nitrogens with zero attached hydrogens (tertiary/aromatic N) is 1.